The molecule has 0 bridgehead atoms. The predicted molar refractivity (Wildman–Crippen MR) is 274 cm³/mol. The Hall–Kier alpha value is -6.94. The van der Waals surface area contributed by atoms with Crippen LogP contribution in [0.5, 0.6) is 0 Å². The highest BCUT2D eigenvalue weighted by Crippen LogP contribution is 2.39. The summed E-state index contributed by atoms with van der Waals surface area (Å²) in [6, 6.07) is 73.5. The van der Waals surface area contributed by atoms with Gasteiger partial charge < -0.3 is 4.90 Å². The first kappa shape index (κ1) is 38.9. The molecular formula is C60H50BNSi. The molecule has 302 valence electrons. The predicted octanol–water partition coefficient (Wildman–Crippen LogP) is 10.5. The lowest BCUT2D eigenvalue weighted by Crippen LogP contribution is -2.70. The first-order valence-electron chi connectivity index (χ1n) is 22.4. The third-order valence-electron chi connectivity index (χ3n) is 14.0. The van der Waals surface area contributed by atoms with Gasteiger partial charge in [0.05, 0.1) is 0 Å². The Morgan fingerprint density at radius 3 is 1.24 bits per heavy atom. The van der Waals surface area contributed by atoms with Gasteiger partial charge in [0.15, 0.2) is 8.07 Å². The summed E-state index contributed by atoms with van der Waals surface area (Å²) in [6.07, 6.45) is 0. The molecule has 0 aliphatic carbocycles. The number of anilines is 3. The van der Waals surface area contributed by atoms with Crippen molar-refractivity contribution in [2.75, 3.05) is 4.90 Å². The normalized spacial score (nSPS) is 14.3. The average molecular weight is 824 g/mol. The van der Waals surface area contributed by atoms with Crippen LogP contribution in [0.4, 0.5) is 17.1 Å². The van der Waals surface area contributed by atoms with Crippen molar-refractivity contribution in [3.05, 3.63) is 228 Å². The van der Waals surface area contributed by atoms with Crippen molar-refractivity contribution >= 4 is 69.0 Å². The second kappa shape index (κ2) is 15.2. The van der Waals surface area contributed by atoms with Crippen molar-refractivity contribution in [1.29, 1.82) is 0 Å². The van der Waals surface area contributed by atoms with Gasteiger partial charge in [-0.15, -0.1) is 0 Å². The van der Waals surface area contributed by atoms with Crippen LogP contribution < -0.4 is 42.0 Å². The zero-order chi connectivity index (χ0) is 43.0. The monoisotopic (exact) mass is 823 g/mol. The van der Waals surface area contributed by atoms with Gasteiger partial charge in [0.25, 0.3) is 0 Å². The summed E-state index contributed by atoms with van der Waals surface area (Å²) in [4.78, 5) is 2.33. The van der Waals surface area contributed by atoms with Gasteiger partial charge in [-0.3, -0.25) is 0 Å². The zero-order valence-corrected chi connectivity index (χ0v) is 38.0. The van der Waals surface area contributed by atoms with Crippen LogP contribution in [-0.4, -0.2) is 14.8 Å². The summed E-state index contributed by atoms with van der Waals surface area (Å²) in [6.45, 7) is 13.8. The van der Waals surface area contributed by atoms with E-state index in [0.29, 0.717) is 0 Å². The molecule has 63 heavy (non-hydrogen) atoms. The van der Waals surface area contributed by atoms with Crippen LogP contribution in [-0.2, 0) is 0 Å². The van der Waals surface area contributed by atoms with Crippen LogP contribution in [0.2, 0.25) is 0 Å². The van der Waals surface area contributed by atoms with Crippen LogP contribution in [0, 0.1) is 41.5 Å². The quantitative estimate of drug-likeness (QED) is 0.145. The van der Waals surface area contributed by atoms with Gasteiger partial charge in [0, 0.05) is 17.1 Å². The van der Waals surface area contributed by atoms with Gasteiger partial charge in [0.1, 0.15) is 0 Å². The van der Waals surface area contributed by atoms with E-state index in [-0.39, 0.29) is 6.71 Å². The molecule has 0 fully saturated rings. The SMILES string of the molecule is Cc1cc(C)c(B(c2ccc3c(c2)-c2ccccc2[Si]32c3ccccc3-c3cc(-c4ccc(N(c5ccccc5)c5ccccc5)cc4)ccc32)c2c(C)cc(C)cc2C)c(C)c1. The van der Waals surface area contributed by atoms with Gasteiger partial charge in [0.2, 0.25) is 6.71 Å². The largest absolute Gasteiger partial charge is 0.311 e. The van der Waals surface area contributed by atoms with E-state index in [1.54, 1.807) is 0 Å². The molecule has 2 heterocycles. The molecule has 1 atom stereocenters. The first-order chi connectivity index (χ1) is 30.7. The second-order valence-corrected chi connectivity index (χ2v) is 21.7. The van der Waals surface area contributed by atoms with Crippen molar-refractivity contribution in [2.24, 2.45) is 0 Å². The summed E-state index contributed by atoms with van der Waals surface area (Å²) >= 11 is 0. The highest BCUT2D eigenvalue weighted by atomic mass is 28.3. The molecule has 3 heteroatoms. The number of benzene rings is 9. The van der Waals surface area contributed by atoms with E-state index < -0.39 is 8.07 Å². The van der Waals surface area contributed by atoms with Crippen LogP contribution >= 0.6 is 0 Å². The van der Waals surface area contributed by atoms with Crippen molar-refractivity contribution in [3.63, 3.8) is 0 Å². The van der Waals surface area contributed by atoms with E-state index >= 15 is 0 Å². The minimum absolute atomic E-state index is 0.117. The topological polar surface area (TPSA) is 3.24 Å². The first-order valence-corrected chi connectivity index (χ1v) is 24.4. The molecule has 9 aromatic carbocycles. The van der Waals surface area contributed by atoms with Gasteiger partial charge >= 0.3 is 0 Å². The number of nitrogens with zero attached hydrogens (tertiary/aromatic N) is 1. The summed E-state index contributed by atoms with van der Waals surface area (Å²) in [5, 5.41) is 6.00. The molecule has 1 spiro atoms. The Balaban J connectivity index is 1.06. The maximum atomic E-state index is 2.59. The van der Waals surface area contributed by atoms with Crippen molar-refractivity contribution in [1.82, 2.24) is 0 Å². The van der Waals surface area contributed by atoms with E-state index in [0.717, 1.165) is 17.1 Å². The Kier molecular flexibility index (Phi) is 9.37. The van der Waals surface area contributed by atoms with Crippen molar-refractivity contribution in [2.45, 2.75) is 41.5 Å². The Labute approximate surface area is 374 Å². The molecule has 9 aromatic rings. The molecule has 0 saturated heterocycles. The van der Waals surface area contributed by atoms with Gasteiger partial charge in [-0.1, -0.05) is 201 Å². The molecule has 0 amide bonds. The lowest BCUT2D eigenvalue weighted by molar-refractivity contribution is 1.28. The third kappa shape index (κ3) is 6.13. The highest BCUT2D eigenvalue weighted by Gasteiger charge is 2.54. The number of hydrogen-bond donors (Lipinski definition) is 0. The Morgan fingerprint density at radius 2 is 0.730 bits per heavy atom. The lowest BCUT2D eigenvalue weighted by Gasteiger charge is -2.28. The summed E-state index contributed by atoms with van der Waals surface area (Å²) < 4.78 is 0. The van der Waals surface area contributed by atoms with Gasteiger partial charge in [-0.2, -0.15) is 0 Å². The molecular weight excluding hydrogens is 774 g/mol. The molecule has 0 aromatic heterocycles. The maximum absolute atomic E-state index is 2.66. The number of rotatable bonds is 7. The summed E-state index contributed by atoms with van der Waals surface area (Å²) in [5.74, 6) is 0. The van der Waals surface area contributed by atoms with E-state index in [1.807, 2.05) is 0 Å². The molecule has 0 radical (unpaired) electrons. The zero-order valence-electron chi connectivity index (χ0n) is 37.0. The highest BCUT2D eigenvalue weighted by molar-refractivity contribution is 7.24. The summed E-state index contributed by atoms with van der Waals surface area (Å²) in [5.41, 5.74) is 23.7. The van der Waals surface area contributed by atoms with E-state index in [2.05, 4.69) is 241 Å². The third-order valence-corrected chi connectivity index (χ3v) is 19.0. The molecule has 2 aliphatic rings. The fourth-order valence-corrected chi connectivity index (χ4v) is 17.3. The second-order valence-electron chi connectivity index (χ2n) is 18.0. The lowest BCUT2D eigenvalue weighted by atomic mass is 9.34. The van der Waals surface area contributed by atoms with Gasteiger partial charge in [-0.05, 0) is 138 Å². The van der Waals surface area contributed by atoms with Crippen LogP contribution in [0.1, 0.15) is 33.4 Å². The number of aryl methyl sites for hydroxylation is 6. The van der Waals surface area contributed by atoms with Crippen LogP contribution in [0.15, 0.2) is 194 Å². The molecule has 11 rings (SSSR count). The average Bonchev–Trinajstić information content (AvgIpc) is 3.75. The maximum Gasteiger partial charge on any atom is 0.242 e. The van der Waals surface area contributed by atoms with E-state index in [1.165, 1.54) is 104 Å². The van der Waals surface area contributed by atoms with Crippen LogP contribution in [0.25, 0.3) is 33.4 Å². The standard InChI is InChI=1S/C60H50BNSi/c1-39-33-41(3)59(42(4)34-39)61(60-43(5)35-40(2)36-44(60)6)47-28-32-58-54(38-47)52-22-14-16-24-56(52)63(58)55-23-15-13-21-51(55)53-37-46(27-31-57(53)63)45-25-29-50(30-26-45)62(48-17-9-7-10-18-48)49-19-11-8-12-20-49/h7-38H,1-6H3. The number of fused-ring (bicyclic) bond motifs is 10. The van der Waals surface area contributed by atoms with E-state index in [4.69, 9.17) is 0 Å². The molecule has 0 N–H and O–H groups in total. The van der Waals surface area contributed by atoms with Crippen molar-refractivity contribution in [3.8, 4) is 33.4 Å². The minimum atomic E-state index is -2.66. The van der Waals surface area contributed by atoms with Gasteiger partial charge in [-0.25, -0.2) is 0 Å². The molecule has 1 nitrogen and oxygen atoms in total. The summed E-state index contributed by atoms with van der Waals surface area (Å²) in [7, 11) is -2.66. The van der Waals surface area contributed by atoms with Crippen molar-refractivity contribution < 1.29 is 0 Å². The number of hydrogen-bond acceptors (Lipinski definition) is 1. The van der Waals surface area contributed by atoms with Crippen LogP contribution in [0.3, 0.4) is 0 Å². The molecule has 2 aliphatic heterocycles. The fourth-order valence-electron chi connectivity index (χ4n) is 11.7. The Morgan fingerprint density at radius 1 is 0.333 bits per heavy atom. The Bertz CT molecular complexity index is 3100. The minimum Gasteiger partial charge on any atom is -0.311 e. The number of para-hydroxylation sites is 2. The molecule has 0 saturated carbocycles. The smallest absolute Gasteiger partial charge is 0.242 e. The molecule has 1 unspecified atom stereocenters. The van der Waals surface area contributed by atoms with E-state index in [9.17, 15) is 0 Å². The fraction of sp³-hybridized carbons (Fsp3) is 0.100.